The Kier molecular flexibility index (Phi) is 5.39. The molecule has 1 unspecified atom stereocenters. The third-order valence-corrected chi connectivity index (χ3v) is 4.53. The van der Waals surface area contributed by atoms with E-state index >= 15 is 0 Å². The van der Waals surface area contributed by atoms with Crippen LogP contribution in [0.1, 0.15) is 37.3 Å². The average Bonchev–Trinajstić information content (AvgIpc) is 2.79. The fraction of sp³-hybridized carbons (Fsp3) is 0.769. The van der Waals surface area contributed by atoms with Gasteiger partial charge in [-0.3, -0.25) is 0 Å². The molecule has 1 fully saturated rings. The van der Waals surface area contributed by atoms with Crippen LogP contribution in [0.5, 0.6) is 0 Å². The van der Waals surface area contributed by atoms with Crippen LogP contribution < -0.4 is 5.32 Å². The Labute approximate surface area is 108 Å². The van der Waals surface area contributed by atoms with Gasteiger partial charge in [-0.15, -0.1) is 0 Å². The number of hydrogen-bond donors (Lipinski definition) is 1. The molecule has 0 amide bonds. The topological polar surface area (TPSA) is 38.1 Å². The molecule has 1 saturated heterocycles. The van der Waals surface area contributed by atoms with Gasteiger partial charge in [-0.05, 0) is 38.6 Å². The summed E-state index contributed by atoms with van der Waals surface area (Å²) in [7, 11) is 1.98. The molecule has 4 heteroatoms. The molecule has 1 atom stereocenters. The molecular formula is C13H22N2OS. The van der Waals surface area contributed by atoms with E-state index in [0.717, 1.165) is 42.7 Å². The van der Waals surface area contributed by atoms with Crippen LogP contribution in [0.2, 0.25) is 0 Å². The summed E-state index contributed by atoms with van der Waals surface area (Å²) < 4.78 is 5.78. The lowest BCUT2D eigenvalue weighted by Gasteiger charge is -2.19. The van der Waals surface area contributed by atoms with Gasteiger partial charge in [-0.25, -0.2) is 4.98 Å². The Morgan fingerprint density at radius 3 is 3.24 bits per heavy atom. The summed E-state index contributed by atoms with van der Waals surface area (Å²) in [6, 6.07) is 0. The minimum Gasteiger partial charge on any atom is -0.446 e. The van der Waals surface area contributed by atoms with Gasteiger partial charge in [0.1, 0.15) is 5.76 Å². The van der Waals surface area contributed by atoms with Crippen molar-refractivity contribution in [2.75, 3.05) is 19.3 Å². The lowest BCUT2D eigenvalue weighted by atomic mass is 10.1. The number of nitrogens with one attached hydrogen (secondary N) is 1. The maximum absolute atomic E-state index is 5.78. The molecule has 0 saturated carbocycles. The van der Waals surface area contributed by atoms with Crippen LogP contribution in [0.4, 0.5) is 0 Å². The van der Waals surface area contributed by atoms with Crippen LogP contribution in [0.15, 0.2) is 10.6 Å². The summed E-state index contributed by atoms with van der Waals surface area (Å²) in [5.41, 5.74) is 0. The van der Waals surface area contributed by atoms with Crippen molar-refractivity contribution in [3.05, 3.63) is 17.8 Å². The van der Waals surface area contributed by atoms with Crippen molar-refractivity contribution in [1.82, 2.24) is 10.3 Å². The first-order chi connectivity index (χ1) is 8.38. The highest BCUT2D eigenvalue weighted by atomic mass is 32.2. The number of rotatable bonds is 6. The van der Waals surface area contributed by atoms with Crippen LogP contribution in [-0.4, -0.2) is 29.6 Å². The molecule has 3 nitrogen and oxygen atoms in total. The molecule has 0 aliphatic carbocycles. The zero-order valence-corrected chi connectivity index (χ0v) is 11.4. The number of hydrogen-bond acceptors (Lipinski definition) is 4. The first-order valence-electron chi connectivity index (χ1n) is 6.58. The molecule has 0 bridgehead atoms. The standard InChI is InChI=1S/C13H22N2OS/c1-14-7-4-5-11-10-15-13(16-11)9-12-6-2-3-8-17-12/h10,12,14H,2-9H2,1H3. The number of oxazole rings is 1. The van der Waals surface area contributed by atoms with E-state index in [0.29, 0.717) is 0 Å². The third kappa shape index (κ3) is 4.36. The number of nitrogens with zero attached hydrogens (tertiary/aromatic N) is 1. The van der Waals surface area contributed by atoms with Crippen molar-refractivity contribution in [2.24, 2.45) is 0 Å². The maximum Gasteiger partial charge on any atom is 0.195 e. The first kappa shape index (κ1) is 13.0. The molecular weight excluding hydrogens is 232 g/mol. The number of aryl methyl sites for hydroxylation is 1. The third-order valence-electron chi connectivity index (χ3n) is 3.13. The number of aromatic nitrogens is 1. The van der Waals surface area contributed by atoms with Crippen LogP contribution >= 0.6 is 11.8 Å². The normalized spacial score (nSPS) is 20.6. The Hall–Kier alpha value is -0.480. The highest BCUT2D eigenvalue weighted by Gasteiger charge is 2.17. The first-order valence-corrected chi connectivity index (χ1v) is 7.63. The average molecular weight is 254 g/mol. The van der Waals surface area contributed by atoms with Gasteiger partial charge in [-0.1, -0.05) is 6.42 Å². The van der Waals surface area contributed by atoms with Gasteiger partial charge in [0, 0.05) is 18.1 Å². The van der Waals surface area contributed by atoms with Crippen LogP contribution in [0, 0.1) is 0 Å². The molecule has 2 heterocycles. The minimum absolute atomic E-state index is 0.729. The number of thioether (sulfide) groups is 1. The maximum atomic E-state index is 5.78. The fourth-order valence-corrected chi connectivity index (χ4v) is 3.46. The molecule has 1 aromatic rings. The molecule has 0 aromatic carbocycles. The van der Waals surface area contributed by atoms with E-state index in [-0.39, 0.29) is 0 Å². The van der Waals surface area contributed by atoms with Crippen molar-refractivity contribution in [1.29, 1.82) is 0 Å². The highest BCUT2D eigenvalue weighted by Crippen LogP contribution is 2.27. The molecule has 1 aromatic heterocycles. The lowest BCUT2D eigenvalue weighted by molar-refractivity contribution is 0.441. The van der Waals surface area contributed by atoms with Crippen LogP contribution in [0.25, 0.3) is 0 Å². The minimum atomic E-state index is 0.729. The Balaban J connectivity index is 1.76. The SMILES string of the molecule is CNCCCc1cnc(CC2CCCCS2)o1. The van der Waals surface area contributed by atoms with Crippen molar-refractivity contribution in [3.8, 4) is 0 Å². The van der Waals surface area contributed by atoms with E-state index in [1.165, 1.54) is 25.0 Å². The second kappa shape index (κ2) is 7.07. The molecule has 0 spiro atoms. The van der Waals surface area contributed by atoms with Crippen molar-refractivity contribution >= 4 is 11.8 Å². The smallest absolute Gasteiger partial charge is 0.195 e. The molecule has 0 radical (unpaired) electrons. The predicted molar refractivity (Wildman–Crippen MR) is 72.6 cm³/mol. The van der Waals surface area contributed by atoms with Gasteiger partial charge in [0.05, 0.1) is 6.20 Å². The van der Waals surface area contributed by atoms with Crippen molar-refractivity contribution < 1.29 is 4.42 Å². The summed E-state index contributed by atoms with van der Waals surface area (Å²) in [6.45, 7) is 1.04. The lowest BCUT2D eigenvalue weighted by Crippen LogP contribution is -2.12. The second-order valence-corrected chi connectivity index (χ2v) is 6.03. The van der Waals surface area contributed by atoms with E-state index in [9.17, 15) is 0 Å². The zero-order chi connectivity index (χ0) is 11.9. The van der Waals surface area contributed by atoms with E-state index in [4.69, 9.17) is 4.42 Å². The van der Waals surface area contributed by atoms with Gasteiger partial charge in [-0.2, -0.15) is 11.8 Å². The largest absolute Gasteiger partial charge is 0.446 e. The van der Waals surface area contributed by atoms with Crippen LogP contribution in [-0.2, 0) is 12.8 Å². The van der Waals surface area contributed by atoms with E-state index in [2.05, 4.69) is 22.1 Å². The van der Waals surface area contributed by atoms with E-state index in [1.54, 1.807) is 0 Å². The fourth-order valence-electron chi connectivity index (χ4n) is 2.16. The Morgan fingerprint density at radius 1 is 1.53 bits per heavy atom. The van der Waals surface area contributed by atoms with Gasteiger partial charge in [0.15, 0.2) is 5.89 Å². The van der Waals surface area contributed by atoms with Gasteiger partial charge >= 0.3 is 0 Å². The van der Waals surface area contributed by atoms with Gasteiger partial charge in [0.25, 0.3) is 0 Å². The van der Waals surface area contributed by atoms with Crippen molar-refractivity contribution in [3.63, 3.8) is 0 Å². The summed E-state index contributed by atoms with van der Waals surface area (Å²) in [5, 5.41) is 3.87. The highest BCUT2D eigenvalue weighted by molar-refractivity contribution is 7.99. The molecule has 17 heavy (non-hydrogen) atoms. The summed E-state index contributed by atoms with van der Waals surface area (Å²) in [6.07, 6.45) is 9.09. The van der Waals surface area contributed by atoms with Gasteiger partial charge in [0.2, 0.25) is 0 Å². The van der Waals surface area contributed by atoms with Crippen molar-refractivity contribution in [2.45, 2.75) is 43.8 Å². The molecule has 1 aliphatic heterocycles. The van der Waals surface area contributed by atoms with Crippen LogP contribution in [0.3, 0.4) is 0 Å². The van der Waals surface area contributed by atoms with E-state index < -0.39 is 0 Å². The molecule has 96 valence electrons. The molecule has 1 N–H and O–H groups in total. The molecule has 1 aliphatic rings. The summed E-state index contributed by atoms with van der Waals surface area (Å²) >= 11 is 2.08. The Bertz CT molecular complexity index is 321. The summed E-state index contributed by atoms with van der Waals surface area (Å²) in [4.78, 5) is 4.39. The van der Waals surface area contributed by atoms with Gasteiger partial charge < -0.3 is 9.73 Å². The quantitative estimate of drug-likeness (QED) is 0.792. The molecule has 2 rings (SSSR count). The predicted octanol–water partition coefficient (Wildman–Crippen LogP) is 2.65. The Morgan fingerprint density at radius 2 is 2.47 bits per heavy atom. The van der Waals surface area contributed by atoms with E-state index in [1.807, 2.05) is 13.2 Å². The monoisotopic (exact) mass is 254 g/mol. The second-order valence-electron chi connectivity index (χ2n) is 4.62. The summed E-state index contributed by atoms with van der Waals surface area (Å²) in [5.74, 6) is 3.28. The zero-order valence-electron chi connectivity index (χ0n) is 10.6.